The van der Waals surface area contributed by atoms with Crippen LogP contribution < -0.4 is 17.7 Å². The van der Waals surface area contributed by atoms with Crippen LogP contribution in [0, 0.1) is 0 Å². The lowest BCUT2D eigenvalue weighted by molar-refractivity contribution is -0.929. The van der Waals surface area contributed by atoms with Crippen molar-refractivity contribution in [1.29, 1.82) is 0 Å². The van der Waals surface area contributed by atoms with Gasteiger partial charge in [0.15, 0.2) is 0 Å². The molecule has 218 valence electrons. The summed E-state index contributed by atoms with van der Waals surface area (Å²) >= 11 is 0. The Morgan fingerprint density at radius 1 is 0.639 bits per heavy atom. The maximum atomic E-state index is 12.4. The maximum Gasteiger partial charge on any atom is 0.501 e. The van der Waals surface area contributed by atoms with Crippen molar-refractivity contribution in [3.05, 3.63) is 0 Å². The number of carbonyl (C=O) groups excluding carboxylic acids is 1. The first-order valence-corrected chi connectivity index (χ1v) is 16.6. The van der Waals surface area contributed by atoms with Crippen molar-refractivity contribution in [1.82, 2.24) is 5.32 Å². The number of unbranched alkanes of at least 4 members (excludes halogenated alkanes) is 3. The van der Waals surface area contributed by atoms with Crippen LogP contribution in [-0.2, 0) is 18.0 Å². The van der Waals surface area contributed by atoms with E-state index in [1.165, 1.54) is 58.2 Å². The minimum absolute atomic E-state index is 0. The fourth-order valence-corrected chi connectivity index (χ4v) is 6.98. The monoisotopic (exact) mass is 554 g/mol. The number of carbonyl (C=O) groups is 1. The van der Waals surface area contributed by atoms with Crippen molar-refractivity contribution < 1.29 is 39.7 Å². The molecule has 0 aromatic rings. The highest BCUT2D eigenvalue weighted by molar-refractivity contribution is 6.60. The van der Waals surface area contributed by atoms with Gasteiger partial charge in [0, 0.05) is 32.4 Å². The van der Waals surface area contributed by atoms with Gasteiger partial charge >= 0.3 is 14.9 Å². The van der Waals surface area contributed by atoms with Crippen molar-refractivity contribution in [2.45, 2.75) is 112 Å². The lowest BCUT2D eigenvalue weighted by Crippen LogP contribution is -3.00. The van der Waals surface area contributed by atoms with Crippen LogP contribution in [0.2, 0.25) is 6.04 Å². The van der Waals surface area contributed by atoms with Crippen LogP contribution in [0.1, 0.15) is 106 Å². The minimum atomic E-state index is -2.71. The van der Waals surface area contributed by atoms with Gasteiger partial charge in [-0.25, -0.2) is 4.79 Å². The number of halogens is 1. The predicted octanol–water partition coefficient (Wildman–Crippen LogP) is 3.54. The van der Waals surface area contributed by atoms with Crippen molar-refractivity contribution in [2.75, 3.05) is 59.2 Å². The zero-order valence-corrected chi connectivity index (χ0v) is 26.3. The number of quaternary nitrogens is 1. The van der Waals surface area contributed by atoms with Crippen LogP contribution in [0.4, 0.5) is 4.79 Å². The average Bonchev–Trinajstić information content (AvgIpc) is 2.87. The zero-order valence-electron chi connectivity index (χ0n) is 24.5. The fraction of sp³-hybridized carbons (Fsp3) is 0.963. The molecule has 0 saturated heterocycles. The molecule has 0 unspecified atom stereocenters. The Balaban J connectivity index is 0. The van der Waals surface area contributed by atoms with E-state index in [9.17, 15) is 4.79 Å². The Bertz CT molecular complexity index is 459. The van der Waals surface area contributed by atoms with Crippen LogP contribution in [0.3, 0.4) is 0 Å². The van der Waals surface area contributed by atoms with Gasteiger partial charge in [0.05, 0.1) is 19.6 Å². The highest BCUT2D eigenvalue weighted by Crippen LogP contribution is 2.19. The first-order chi connectivity index (χ1) is 17.0. The topological polar surface area (TPSA) is 66.0 Å². The standard InChI is InChI=1S/C27H58N2O5Si.ClH/c1-7-13-18-29(19-14-8-2,20-15-9-3)21-25-31-27(30)28-17-16-26-35(32-22-10-4,33-23-11-5)34-24-12-6;/h7-26H2,1-6H3;1H. The molecule has 0 aromatic heterocycles. The SMILES string of the molecule is CCCC[N+](CCCC)(CCCC)CCOC(=O)NCCC[Si](OCCC)(OCCC)OCCC.[Cl-]. The molecule has 0 rings (SSSR count). The molecule has 0 atom stereocenters. The van der Waals surface area contributed by atoms with Gasteiger partial charge in [0.1, 0.15) is 13.2 Å². The molecule has 7 nitrogen and oxygen atoms in total. The second-order valence-electron chi connectivity index (χ2n) is 9.69. The lowest BCUT2D eigenvalue weighted by atomic mass is 10.1. The first kappa shape index (κ1) is 37.8. The largest absolute Gasteiger partial charge is 1.00 e. The number of hydrogen-bond donors (Lipinski definition) is 1. The van der Waals surface area contributed by atoms with Crippen LogP contribution >= 0.6 is 0 Å². The van der Waals surface area contributed by atoms with Crippen molar-refractivity contribution in [2.24, 2.45) is 0 Å². The third-order valence-electron chi connectivity index (χ3n) is 6.26. The van der Waals surface area contributed by atoms with Crippen LogP contribution in [0.25, 0.3) is 0 Å². The molecule has 0 fully saturated rings. The molecule has 0 aliphatic heterocycles. The van der Waals surface area contributed by atoms with Crippen LogP contribution in [-0.4, -0.2) is 78.5 Å². The summed E-state index contributed by atoms with van der Waals surface area (Å²) in [6.45, 7) is 20.4. The van der Waals surface area contributed by atoms with E-state index in [0.717, 1.165) is 36.7 Å². The summed E-state index contributed by atoms with van der Waals surface area (Å²) in [5, 5.41) is 2.93. The Morgan fingerprint density at radius 2 is 1.08 bits per heavy atom. The van der Waals surface area contributed by atoms with Crippen molar-refractivity contribution in [3.63, 3.8) is 0 Å². The smallest absolute Gasteiger partial charge is 0.501 e. The normalized spacial score (nSPS) is 11.8. The highest BCUT2D eigenvalue weighted by atomic mass is 35.5. The number of alkyl carbamates (subject to hydrolysis) is 1. The molecule has 1 N–H and O–H groups in total. The summed E-state index contributed by atoms with van der Waals surface area (Å²) in [7, 11) is -2.71. The van der Waals surface area contributed by atoms with Crippen LogP contribution in [0.15, 0.2) is 0 Å². The fourth-order valence-electron chi connectivity index (χ4n) is 4.14. The van der Waals surface area contributed by atoms with Gasteiger partial charge in [0.2, 0.25) is 0 Å². The van der Waals surface area contributed by atoms with Crippen molar-refractivity contribution in [3.8, 4) is 0 Å². The van der Waals surface area contributed by atoms with E-state index >= 15 is 0 Å². The van der Waals surface area contributed by atoms with Crippen LogP contribution in [0.5, 0.6) is 0 Å². The summed E-state index contributed by atoms with van der Waals surface area (Å²) in [6, 6.07) is 0.707. The summed E-state index contributed by atoms with van der Waals surface area (Å²) < 4.78 is 25.1. The number of rotatable bonds is 25. The second kappa shape index (κ2) is 24.9. The van der Waals surface area contributed by atoms with Gasteiger partial charge in [-0.3, -0.25) is 0 Å². The van der Waals surface area contributed by atoms with E-state index in [2.05, 4.69) is 46.9 Å². The molecule has 0 aliphatic rings. The maximum absolute atomic E-state index is 12.4. The second-order valence-corrected chi connectivity index (χ2v) is 12.4. The summed E-state index contributed by atoms with van der Waals surface area (Å²) in [5.74, 6) is 0. The average molecular weight is 555 g/mol. The molecule has 0 bridgehead atoms. The third kappa shape index (κ3) is 18.0. The molecule has 0 saturated carbocycles. The Labute approximate surface area is 230 Å². The zero-order chi connectivity index (χ0) is 26.3. The number of hydrogen-bond acceptors (Lipinski definition) is 5. The van der Waals surface area contributed by atoms with E-state index in [0.29, 0.717) is 39.0 Å². The molecule has 0 heterocycles. The minimum Gasteiger partial charge on any atom is -1.00 e. The Hall–Kier alpha value is -0.383. The molecule has 0 aromatic carbocycles. The quantitative estimate of drug-likeness (QED) is 0.106. The van der Waals surface area contributed by atoms with E-state index in [1.807, 2.05) is 0 Å². The van der Waals surface area contributed by atoms with Gasteiger partial charge in [-0.15, -0.1) is 0 Å². The predicted molar refractivity (Wildman–Crippen MR) is 148 cm³/mol. The van der Waals surface area contributed by atoms with Crippen molar-refractivity contribution >= 4 is 14.9 Å². The molecule has 0 spiro atoms. The number of amides is 1. The number of nitrogens with one attached hydrogen (secondary N) is 1. The first-order valence-electron chi connectivity index (χ1n) is 14.6. The summed E-state index contributed by atoms with van der Waals surface area (Å²) in [4.78, 5) is 12.4. The van der Waals surface area contributed by atoms with E-state index in [1.54, 1.807) is 0 Å². The van der Waals surface area contributed by atoms with E-state index in [4.69, 9.17) is 18.0 Å². The molecule has 1 amide bonds. The van der Waals surface area contributed by atoms with Gasteiger partial charge < -0.3 is 40.2 Å². The van der Waals surface area contributed by atoms with E-state index in [-0.39, 0.29) is 18.5 Å². The summed E-state index contributed by atoms with van der Waals surface area (Å²) in [6.07, 6.45) is 10.5. The molecular formula is C27H59ClN2O5Si. The molecule has 0 aliphatic carbocycles. The Morgan fingerprint density at radius 3 is 1.47 bits per heavy atom. The number of ether oxygens (including phenoxy) is 1. The Kier molecular flexibility index (Phi) is 26.1. The highest BCUT2D eigenvalue weighted by Gasteiger charge is 2.40. The summed E-state index contributed by atoms with van der Waals surface area (Å²) in [5.41, 5.74) is 0. The van der Waals surface area contributed by atoms with Gasteiger partial charge in [0.25, 0.3) is 0 Å². The number of nitrogens with zero attached hydrogens (tertiary/aromatic N) is 1. The molecular weight excluding hydrogens is 496 g/mol. The molecule has 0 radical (unpaired) electrons. The third-order valence-corrected chi connectivity index (χ3v) is 9.16. The van der Waals surface area contributed by atoms with Gasteiger partial charge in [-0.1, -0.05) is 60.8 Å². The molecule has 9 heteroatoms. The van der Waals surface area contributed by atoms with Gasteiger partial charge in [-0.2, -0.15) is 0 Å². The lowest BCUT2D eigenvalue weighted by Gasteiger charge is -2.39. The molecule has 36 heavy (non-hydrogen) atoms. The van der Waals surface area contributed by atoms with E-state index < -0.39 is 8.80 Å². The van der Waals surface area contributed by atoms with Gasteiger partial charge in [-0.05, 0) is 44.9 Å².